The molecular formula is C20H22N2O4. The van der Waals surface area contributed by atoms with Crippen LogP contribution in [0.25, 0.3) is 0 Å². The van der Waals surface area contributed by atoms with Crippen LogP contribution in [-0.4, -0.2) is 61.8 Å². The molecule has 136 valence electrons. The molecule has 1 aliphatic heterocycles. The number of aromatic carboxylic acids is 1. The minimum atomic E-state index is -1.00. The Hall–Kier alpha value is -2.70. The first-order valence-electron chi connectivity index (χ1n) is 8.54. The lowest BCUT2D eigenvalue weighted by molar-refractivity contribution is 0.0385. The van der Waals surface area contributed by atoms with Gasteiger partial charge in [-0.1, -0.05) is 24.3 Å². The lowest BCUT2D eigenvalue weighted by Crippen LogP contribution is -2.42. The number of ether oxygens (including phenoxy) is 1. The first-order valence-corrected chi connectivity index (χ1v) is 8.54. The lowest BCUT2D eigenvalue weighted by atomic mass is 10.0. The van der Waals surface area contributed by atoms with E-state index in [0.29, 0.717) is 11.1 Å². The molecule has 2 aromatic carbocycles. The highest BCUT2D eigenvalue weighted by atomic mass is 16.5. The topological polar surface area (TPSA) is 70.1 Å². The molecule has 6 heteroatoms. The second-order valence-electron chi connectivity index (χ2n) is 6.33. The second-order valence-corrected chi connectivity index (χ2v) is 6.33. The highest BCUT2D eigenvalue weighted by molar-refractivity contribution is 6.09. The van der Waals surface area contributed by atoms with Crippen LogP contribution >= 0.6 is 0 Å². The van der Waals surface area contributed by atoms with E-state index in [1.807, 2.05) is 25.2 Å². The van der Waals surface area contributed by atoms with Gasteiger partial charge in [0.2, 0.25) is 0 Å². The van der Waals surface area contributed by atoms with E-state index in [-0.39, 0.29) is 11.3 Å². The van der Waals surface area contributed by atoms with Crippen LogP contribution in [-0.2, 0) is 4.74 Å². The summed E-state index contributed by atoms with van der Waals surface area (Å²) in [5.74, 6) is -1.13. The van der Waals surface area contributed by atoms with Gasteiger partial charge in [-0.05, 0) is 24.3 Å². The third-order valence-corrected chi connectivity index (χ3v) is 4.46. The Morgan fingerprint density at radius 2 is 1.69 bits per heavy atom. The van der Waals surface area contributed by atoms with Gasteiger partial charge in [-0.25, -0.2) is 4.79 Å². The minimum Gasteiger partial charge on any atom is -0.478 e. The molecule has 1 saturated heterocycles. The summed E-state index contributed by atoms with van der Waals surface area (Å²) in [7, 11) is 2.00. The van der Waals surface area contributed by atoms with Gasteiger partial charge in [0.25, 0.3) is 0 Å². The van der Waals surface area contributed by atoms with Gasteiger partial charge in [-0.3, -0.25) is 9.69 Å². The van der Waals surface area contributed by atoms with E-state index < -0.39 is 5.97 Å². The van der Waals surface area contributed by atoms with Crippen molar-refractivity contribution in [2.75, 3.05) is 44.9 Å². The molecule has 0 unspecified atom stereocenters. The Balaban J connectivity index is 1.73. The van der Waals surface area contributed by atoms with E-state index in [1.165, 1.54) is 12.1 Å². The predicted molar refractivity (Wildman–Crippen MR) is 98.9 cm³/mol. The SMILES string of the molecule is CN(CN1CCOCC1)c1cccc(C(=O)c2ccc(C(=O)O)cc2)c1. The van der Waals surface area contributed by atoms with Crippen LogP contribution in [0, 0.1) is 0 Å². The number of anilines is 1. The van der Waals surface area contributed by atoms with Gasteiger partial charge in [0, 0.05) is 37.0 Å². The van der Waals surface area contributed by atoms with E-state index in [2.05, 4.69) is 9.80 Å². The van der Waals surface area contributed by atoms with Gasteiger partial charge in [-0.15, -0.1) is 0 Å². The number of carboxylic acids is 1. The van der Waals surface area contributed by atoms with Gasteiger partial charge in [0.1, 0.15) is 0 Å². The van der Waals surface area contributed by atoms with Gasteiger partial charge >= 0.3 is 5.97 Å². The van der Waals surface area contributed by atoms with Crippen LogP contribution in [0.5, 0.6) is 0 Å². The average Bonchev–Trinajstić information content (AvgIpc) is 2.68. The molecule has 1 aliphatic rings. The molecular weight excluding hydrogens is 332 g/mol. The molecule has 3 rings (SSSR count). The highest BCUT2D eigenvalue weighted by Crippen LogP contribution is 2.19. The van der Waals surface area contributed by atoms with Crippen LogP contribution in [0.15, 0.2) is 48.5 Å². The second kappa shape index (κ2) is 8.12. The number of carbonyl (C=O) groups excluding carboxylic acids is 1. The summed E-state index contributed by atoms with van der Waals surface area (Å²) in [5.41, 5.74) is 2.19. The predicted octanol–water partition coefficient (Wildman–Crippen LogP) is 2.34. The van der Waals surface area contributed by atoms with Crippen LogP contribution in [0.4, 0.5) is 5.69 Å². The maximum absolute atomic E-state index is 12.7. The summed E-state index contributed by atoms with van der Waals surface area (Å²) in [5, 5.41) is 8.96. The van der Waals surface area contributed by atoms with E-state index in [4.69, 9.17) is 9.84 Å². The Labute approximate surface area is 152 Å². The fraction of sp³-hybridized carbons (Fsp3) is 0.300. The number of benzene rings is 2. The van der Waals surface area contributed by atoms with Crippen molar-refractivity contribution in [1.82, 2.24) is 4.90 Å². The smallest absolute Gasteiger partial charge is 0.335 e. The molecule has 1 fully saturated rings. The van der Waals surface area contributed by atoms with Crippen LogP contribution in [0.1, 0.15) is 26.3 Å². The quantitative estimate of drug-likeness (QED) is 0.803. The molecule has 2 aromatic rings. The zero-order chi connectivity index (χ0) is 18.5. The molecule has 1 heterocycles. The number of hydrogen-bond acceptors (Lipinski definition) is 5. The van der Waals surface area contributed by atoms with E-state index >= 15 is 0 Å². The first kappa shape index (κ1) is 18.1. The van der Waals surface area contributed by atoms with Gasteiger partial charge < -0.3 is 14.7 Å². The van der Waals surface area contributed by atoms with E-state index in [9.17, 15) is 9.59 Å². The molecule has 0 bridgehead atoms. The van der Waals surface area contributed by atoms with Gasteiger partial charge in [-0.2, -0.15) is 0 Å². The molecule has 1 N–H and O–H groups in total. The summed E-state index contributed by atoms with van der Waals surface area (Å²) >= 11 is 0. The molecule has 0 aliphatic carbocycles. The number of carbonyl (C=O) groups is 2. The molecule has 0 atom stereocenters. The van der Waals surface area contributed by atoms with Gasteiger partial charge in [0.05, 0.1) is 25.4 Å². The van der Waals surface area contributed by atoms with Crippen LogP contribution in [0.2, 0.25) is 0 Å². The van der Waals surface area contributed by atoms with E-state index in [1.54, 1.807) is 18.2 Å². The highest BCUT2D eigenvalue weighted by Gasteiger charge is 2.15. The summed E-state index contributed by atoms with van der Waals surface area (Å²) < 4.78 is 5.37. The zero-order valence-electron chi connectivity index (χ0n) is 14.7. The fourth-order valence-corrected chi connectivity index (χ4v) is 2.94. The molecule has 0 radical (unpaired) electrons. The zero-order valence-corrected chi connectivity index (χ0v) is 14.7. The number of nitrogens with zero attached hydrogens (tertiary/aromatic N) is 2. The molecule has 6 nitrogen and oxygen atoms in total. The normalized spacial score (nSPS) is 14.8. The number of carboxylic acid groups (broad SMARTS) is 1. The number of rotatable bonds is 6. The Kier molecular flexibility index (Phi) is 5.65. The van der Waals surface area contributed by atoms with E-state index in [0.717, 1.165) is 38.7 Å². The third-order valence-electron chi connectivity index (χ3n) is 4.46. The van der Waals surface area contributed by atoms with Crippen molar-refractivity contribution in [1.29, 1.82) is 0 Å². The Morgan fingerprint density at radius 3 is 2.35 bits per heavy atom. The summed E-state index contributed by atoms with van der Waals surface area (Å²) in [6, 6.07) is 13.5. The lowest BCUT2D eigenvalue weighted by Gasteiger charge is -2.31. The third kappa shape index (κ3) is 4.28. The maximum Gasteiger partial charge on any atom is 0.335 e. The Bertz CT molecular complexity index is 783. The number of morpholine rings is 1. The van der Waals surface area contributed by atoms with Gasteiger partial charge in [0.15, 0.2) is 5.78 Å². The van der Waals surface area contributed by atoms with Crippen molar-refractivity contribution in [2.45, 2.75) is 0 Å². The van der Waals surface area contributed by atoms with Crippen LogP contribution < -0.4 is 4.90 Å². The largest absolute Gasteiger partial charge is 0.478 e. The first-order chi connectivity index (χ1) is 12.5. The standard InChI is InChI=1S/C20H22N2O4/c1-21(14-22-9-11-26-12-10-22)18-4-2-3-17(13-18)19(23)15-5-7-16(8-6-15)20(24)25/h2-8,13H,9-12,14H2,1H3,(H,24,25). The molecule has 0 saturated carbocycles. The Morgan fingerprint density at radius 1 is 1.04 bits per heavy atom. The molecule has 0 amide bonds. The van der Waals surface area contributed by atoms with Crippen molar-refractivity contribution < 1.29 is 19.4 Å². The van der Waals surface area contributed by atoms with Crippen molar-refractivity contribution in [3.8, 4) is 0 Å². The summed E-state index contributed by atoms with van der Waals surface area (Å²) in [6.07, 6.45) is 0. The van der Waals surface area contributed by atoms with Crippen molar-refractivity contribution in [2.24, 2.45) is 0 Å². The van der Waals surface area contributed by atoms with Crippen molar-refractivity contribution >= 4 is 17.4 Å². The van der Waals surface area contributed by atoms with Crippen molar-refractivity contribution in [3.05, 3.63) is 65.2 Å². The molecule has 0 spiro atoms. The number of hydrogen-bond donors (Lipinski definition) is 1. The summed E-state index contributed by atoms with van der Waals surface area (Å²) in [4.78, 5) is 28.0. The summed E-state index contributed by atoms with van der Waals surface area (Å²) in [6.45, 7) is 4.07. The van der Waals surface area contributed by atoms with Crippen LogP contribution in [0.3, 0.4) is 0 Å². The number of ketones is 1. The van der Waals surface area contributed by atoms with Crippen molar-refractivity contribution in [3.63, 3.8) is 0 Å². The minimum absolute atomic E-state index is 0.122. The fourth-order valence-electron chi connectivity index (χ4n) is 2.94. The molecule has 0 aromatic heterocycles. The monoisotopic (exact) mass is 354 g/mol. The molecule has 26 heavy (non-hydrogen) atoms. The average molecular weight is 354 g/mol. The maximum atomic E-state index is 12.7.